The Hall–Kier alpha value is -1.43. The number of piperazine rings is 1. The smallest absolute Gasteiger partial charge is 0.223 e. The summed E-state index contributed by atoms with van der Waals surface area (Å²) < 4.78 is 1.05. The third-order valence-electron chi connectivity index (χ3n) is 4.15. The van der Waals surface area contributed by atoms with Crippen LogP contribution in [0.15, 0.2) is 53.3 Å². The number of nitrogens with zero attached hydrogens (tertiary/aromatic N) is 2. The van der Waals surface area contributed by atoms with Crippen molar-refractivity contribution < 1.29 is 4.79 Å². The van der Waals surface area contributed by atoms with Gasteiger partial charge in [0.15, 0.2) is 0 Å². The number of hydrogen-bond donors (Lipinski definition) is 1. The van der Waals surface area contributed by atoms with Gasteiger partial charge in [-0.05, 0) is 35.7 Å². The molecule has 1 N–H and O–H groups in total. The molecule has 0 radical (unpaired) electrons. The van der Waals surface area contributed by atoms with Gasteiger partial charge in [0.2, 0.25) is 5.91 Å². The number of amides is 1. The second kappa shape index (κ2) is 9.16. The number of hydrogen-bond acceptors (Lipinski definition) is 3. The van der Waals surface area contributed by atoms with Crippen LogP contribution in [0.1, 0.15) is 23.6 Å². The molecule has 24 heavy (non-hydrogen) atoms. The Kier molecular flexibility index (Phi) is 7.21. The molecule has 6 heteroatoms. The summed E-state index contributed by atoms with van der Waals surface area (Å²) in [4.78, 5) is 18.9. The van der Waals surface area contributed by atoms with Gasteiger partial charge in [-0.25, -0.2) is 0 Å². The average Bonchev–Trinajstić information content (AvgIpc) is 2.60. The number of carbonyl (C=O) groups is 1. The van der Waals surface area contributed by atoms with Crippen LogP contribution in [0, 0.1) is 0 Å². The minimum Gasteiger partial charge on any atom is -0.333 e. The van der Waals surface area contributed by atoms with Crippen LogP contribution in [0.2, 0.25) is 0 Å². The fourth-order valence-corrected chi connectivity index (χ4v) is 3.41. The van der Waals surface area contributed by atoms with E-state index in [1.165, 1.54) is 5.56 Å². The number of rotatable bonds is 4. The van der Waals surface area contributed by atoms with E-state index in [9.17, 15) is 4.79 Å². The van der Waals surface area contributed by atoms with Gasteiger partial charge in [-0.1, -0.05) is 34.1 Å². The quantitative estimate of drug-likeness (QED) is 0.840. The molecule has 0 bridgehead atoms. The van der Waals surface area contributed by atoms with Gasteiger partial charge in [-0.3, -0.25) is 9.78 Å². The fraction of sp³-hybridized carbons (Fsp3) is 0.333. The predicted octanol–water partition coefficient (Wildman–Crippen LogP) is 3.37. The topological polar surface area (TPSA) is 45.2 Å². The molecule has 1 aromatic heterocycles. The van der Waals surface area contributed by atoms with Crippen molar-refractivity contribution in [2.24, 2.45) is 0 Å². The monoisotopic (exact) mass is 409 g/mol. The Morgan fingerprint density at radius 2 is 2.21 bits per heavy atom. The molecule has 128 valence electrons. The van der Waals surface area contributed by atoms with Crippen LogP contribution in [0.3, 0.4) is 0 Å². The molecule has 0 spiro atoms. The van der Waals surface area contributed by atoms with Crippen molar-refractivity contribution in [3.8, 4) is 0 Å². The molecular formula is C18H21BrClN3O. The summed E-state index contributed by atoms with van der Waals surface area (Å²) >= 11 is 3.48. The molecule has 1 fully saturated rings. The first-order chi connectivity index (χ1) is 11.2. The summed E-state index contributed by atoms with van der Waals surface area (Å²) in [6, 6.07) is 12.2. The van der Waals surface area contributed by atoms with E-state index in [2.05, 4.69) is 38.4 Å². The Bertz CT molecular complexity index is 668. The lowest BCUT2D eigenvalue weighted by Crippen LogP contribution is -2.48. The van der Waals surface area contributed by atoms with Crippen molar-refractivity contribution in [2.75, 3.05) is 19.6 Å². The molecular weight excluding hydrogens is 390 g/mol. The molecule has 1 unspecified atom stereocenters. The first-order valence-electron chi connectivity index (χ1n) is 7.88. The van der Waals surface area contributed by atoms with Crippen LogP contribution in [0.25, 0.3) is 0 Å². The summed E-state index contributed by atoms with van der Waals surface area (Å²) in [5.74, 6) is 0.209. The van der Waals surface area contributed by atoms with E-state index >= 15 is 0 Å². The number of halogens is 2. The van der Waals surface area contributed by atoms with E-state index in [1.54, 1.807) is 6.20 Å². The van der Waals surface area contributed by atoms with Crippen molar-refractivity contribution in [3.63, 3.8) is 0 Å². The number of carbonyl (C=O) groups excluding carboxylic acids is 1. The van der Waals surface area contributed by atoms with Gasteiger partial charge in [0.05, 0.1) is 6.04 Å². The zero-order valence-electron chi connectivity index (χ0n) is 13.3. The fourth-order valence-electron chi connectivity index (χ4n) is 2.96. The SMILES string of the molecule is Cl.O=C(CCc1cccc(Br)c1)N1CCNCC1c1cccnc1. The summed E-state index contributed by atoms with van der Waals surface area (Å²) in [6.45, 7) is 2.38. The normalized spacial score (nSPS) is 17.2. The predicted molar refractivity (Wildman–Crippen MR) is 101 cm³/mol. The van der Waals surface area contributed by atoms with Crippen LogP contribution in [0.4, 0.5) is 0 Å². The zero-order valence-corrected chi connectivity index (χ0v) is 15.7. The largest absolute Gasteiger partial charge is 0.333 e. The van der Waals surface area contributed by atoms with Crippen LogP contribution >= 0.6 is 28.3 Å². The lowest BCUT2D eigenvalue weighted by Gasteiger charge is -2.36. The van der Waals surface area contributed by atoms with Gasteiger partial charge < -0.3 is 10.2 Å². The lowest BCUT2D eigenvalue weighted by molar-refractivity contribution is -0.134. The third-order valence-corrected chi connectivity index (χ3v) is 4.64. The second-order valence-corrected chi connectivity index (χ2v) is 6.64. The highest BCUT2D eigenvalue weighted by molar-refractivity contribution is 9.10. The molecule has 4 nitrogen and oxygen atoms in total. The van der Waals surface area contributed by atoms with Crippen LogP contribution in [-0.2, 0) is 11.2 Å². The number of pyridine rings is 1. The molecule has 1 aromatic carbocycles. The van der Waals surface area contributed by atoms with Crippen molar-refractivity contribution in [3.05, 3.63) is 64.4 Å². The first kappa shape index (κ1) is 18.9. The van der Waals surface area contributed by atoms with Crippen molar-refractivity contribution in [1.82, 2.24) is 15.2 Å². The Balaban J connectivity index is 0.00000208. The van der Waals surface area contributed by atoms with Gasteiger partial charge in [0.1, 0.15) is 0 Å². The minimum absolute atomic E-state index is 0. The Labute approximate surface area is 157 Å². The third kappa shape index (κ3) is 4.79. The maximum Gasteiger partial charge on any atom is 0.223 e. The van der Waals surface area contributed by atoms with Gasteiger partial charge >= 0.3 is 0 Å². The Morgan fingerprint density at radius 3 is 2.96 bits per heavy atom. The van der Waals surface area contributed by atoms with Gasteiger partial charge in [-0.2, -0.15) is 0 Å². The molecule has 0 aliphatic carbocycles. The van der Waals surface area contributed by atoms with Crippen LogP contribution < -0.4 is 5.32 Å². The van der Waals surface area contributed by atoms with E-state index in [4.69, 9.17) is 0 Å². The highest BCUT2D eigenvalue weighted by Crippen LogP contribution is 2.23. The summed E-state index contributed by atoms with van der Waals surface area (Å²) in [6.07, 6.45) is 4.92. The maximum absolute atomic E-state index is 12.7. The highest BCUT2D eigenvalue weighted by Gasteiger charge is 2.27. The molecule has 3 rings (SSSR count). The van der Waals surface area contributed by atoms with Crippen molar-refractivity contribution >= 4 is 34.2 Å². The van der Waals surface area contributed by atoms with E-state index in [-0.39, 0.29) is 24.4 Å². The maximum atomic E-state index is 12.7. The van der Waals surface area contributed by atoms with Gasteiger partial charge in [0, 0.05) is 42.9 Å². The van der Waals surface area contributed by atoms with E-state index in [0.717, 1.165) is 36.1 Å². The Morgan fingerprint density at radius 1 is 1.33 bits per heavy atom. The molecule has 1 aliphatic rings. The van der Waals surface area contributed by atoms with E-state index in [1.807, 2.05) is 35.4 Å². The molecule has 2 heterocycles. The van der Waals surface area contributed by atoms with Crippen LogP contribution in [0.5, 0.6) is 0 Å². The first-order valence-corrected chi connectivity index (χ1v) is 8.68. The number of nitrogens with one attached hydrogen (secondary N) is 1. The molecule has 1 aliphatic heterocycles. The molecule has 0 saturated carbocycles. The molecule has 2 aromatic rings. The summed E-state index contributed by atoms with van der Waals surface area (Å²) in [5, 5.41) is 3.37. The summed E-state index contributed by atoms with van der Waals surface area (Å²) in [5.41, 5.74) is 2.27. The standard InChI is InChI=1S/C18H20BrN3O.ClH/c19-16-5-1-3-14(11-16)6-7-18(23)22-10-9-21-13-17(22)15-4-2-8-20-12-15;/h1-5,8,11-12,17,21H,6-7,9-10,13H2;1H. The van der Waals surface area contributed by atoms with Crippen molar-refractivity contribution in [2.45, 2.75) is 18.9 Å². The van der Waals surface area contributed by atoms with E-state index < -0.39 is 0 Å². The average molecular weight is 411 g/mol. The zero-order chi connectivity index (χ0) is 16.1. The number of aromatic nitrogens is 1. The van der Waals surface area contributed by atoms with Gasteiger partial charge in [0.25, 0.3) is 0 Å². The van der Waals surface area contributed by atoms with E-state index in [0.29, 0.717) is 6.42 Å². The van der Waals surface area contributed by atoms with Crippen LogP contribution in [-0.4, -0.2) is 35.4 Å². The summed E-state index contributed by atoms with van der Waals surface area (Å²) in [7, 11) is 0. The number of aryl methyl sites for hydroxylation is 1. The second-order valence-electron chi connectivity index (χ2n) is 5.72. The number of benzene rings is 1. The molecule has 1 atom stereocenters. The molecule has 1 amide bonds. The van der Waals surface area contributed by atoms with Gasteiger partial charge in [-0.15, -0.1) is 12.4 Å². The molecule has 1 saturated heterocycles. The highest BCUT2D eigenvalue weighted by atomic mass is 79.9. The van der Waals surface area contributed by atoms with Crippen molar-refractivity contribution in [1.29, 1.82) is 0 Å². The lowest BCUT2D eigenvalue weighted by atomic mass is 10.0. The minimum atomic E-state index is 0.